The highest BCUT2D eigenvalue weighted by Crippen LogP contribution is 2.26. The van der Waals surface area contributed by atoms with Crippen LogP contribution in [0.2, 0.25) is 0 Å². The van der Waals surface area contributed by atoms with Crippen molar-refractivity contribution in [2.45, 2.75) is 19.9 Å². The van der Waals surface area contributed by atoms with Gasteiger partial charge in [-0.05, 0) is 30.7 Å². The van der Waals surface area contributed by atoms with Gasteiger partial charge in [-0.3, -0.25) is 0 Å². The summed E-state index contributed by atoms with van der Waals surface area (Å²) in [6.07, 6.45) is 2.95. The Balaban J connectivity index is 1.91. The Morgan fingerprint density at radius 3 is 2.71 bits per heavy atom. The number of rotatable bonds is 9. The van der Waals surface area contributed by atoms with Crippen LogP contribution in [0.25, 0.3) is 10.6 Å². The van der Waals surface area contributed by atoms with E-state index in [-0.39, 0.29) is 0 Å². The number of benzene rings is 1. The Morgan fingerprint density at radius 2 is 2.00 bits per heavy atom. The Labute approximate surface area is 130 Å². The lowest BCUT2D eigenvalue weighted by molar-refractivity contribution is 0.199. The summed E-state index contributed by atoms with van der Waals surface area (Å²) in [6, 6.07) is 8.13. The van der Waals surface area contributed by atoms with Crippen molar-refractivity contribution in [2.75, 3.05) is 26.9 Å². The van der Waals surface area contributed by atoms with E-state index in [1.165, 1.54) is 4.88 Å². The van der Waals surface area contributed by atoms with Crippen LogP contribution in [-0.4, -0.2) is 31.9 Å². The van der Waals surface area contributed by atoms with Crippen LogP contribution in [0.5, 0.6) is 5.75 Å². The Bertz CT molecular complexity index is 525. The van der Waals surface area contributed by atoms with Crippen LogP contribution >= 0.6 is 11.3 Å². The van der Waals surface area contributed by atoms with Crippen LogP contribution in [0.15, 0.2) is 30.5 Å². The van der Waals surface area contributed by atoms with E-state index in [9.17, 15) is 0 Å². The Morgan fingerprint density at radius 1 is 1.19 bits per heavy atom. The van der Waals surface area contributed by atoms with E-state index in [0.29, 0.717) is 0 Å². The van der Waals surface area contributed by atoms with E-state index >= 15 is 0 Å². The zero-order valence-corrected chi connectivity index (χ0v) is 13.4. The molecule has 1 N–H and O–H groups in total. The third-order valence-corrected chi connectivity index (χ3v) is 3.96. The van der Waals surface area contributed by atoms with Crippen molar-refractivity contribution in [1.29, 1.82) is 0 Å². The van der Waals surface area contributed by atoms with Crippen LogP contribution in [0.1, 0.15) is 18.2 Å². The number of aromatic nitrogens is 1. The van der Waals surface area contributed by atoms with Gasteiger partial charge in [0.2, 0.25) is 0 Å². The van der Waals surface area contributed by atoms with Crippen LogP contribution in [0, 0.1) is 0 Å². The minimum atomic E-state index is 0.727. The molecule has 2 rings (SSSR count). The lowest BCUT2D eigenvalue weighted by Crippen LogP contribution is -2.17. The van der Waals surface area contributed by atoms with Gasteiger partial charge in [-0.25, -0.2) is 4.98 Å². The summed E-state index contributed by atoms with van der Waals surface area (Å²) in [5.41, 5.74) is 1.13. The van der Waals surface area contributed by atoms with Crippen LogP contribution in [0.4, 0.5) is 0 Å². The van der Waals surface area contributed by atoms with Gasteiger partial charge in [0.05, 0.1) is 13.2 Å². The largest absolute Gasteiger partial charge is 0.494 e. The molecule has 0 spiro atoms. The van der Waals surface area contributed by atoms with Gasteiger partial charge in [-0.1, -0.05) is 6.92 Å². The molecule has 0 aliphatic carbocycles. The molecular formula is C16H22N2O2S. The molecule has 0 saturated heterocycles. The van der Waals surface area contributed by atoms with Crippen molar-refractivity contribution in [3.05, 3.63) is 35.3 Å². The average molecular weight is 306 g/mol. The second kappa shape index (κ2) is 8.77. The maximum Gasteiger partial charge on any atom is 0.123 e. The summed E-state index contributed by atoms with van der Waals surface area (Å²) in [7, 11) is 1.71. The molecule has 0 unspecified atom stereocenters. The topological polar surface area (TPSA) is 43.4 Å². The van der Waals surface area contributed by atoms with Crippen molar-refractivity contribution < 1.29 is 9.47 Å². The molecule has 1 aromatic heterocycles. The zero-order valence-electron chi connectivity index (χ0n) is 12.6. The molecule has 0 atom stereocenters. The van der Waals surface area contributed by atoms with E-state index in [4.69, 9.17) is 9.47 Å². The van der Waals surface area contributed by atoms with Crippen molar-refractivity contribution in [2.24, 2.45) is 0 Å². The third-order valence-electron chi connectivity index (χ3n) is 2.91. The number of methoxy groups -OCH3 is 1. The van der Waals surface area contributed by atoms with E-state index in [2.05, 4.69) is 29.4 Å². The quantitative estimate of drug-likeness (QED) is 0.722. The molecule has 2 aromatic rings. The molecule has 114 valence electrons. The molecule has 0 fully saturated rings. The molecule has 1 heterocycles. The SMILES string of the molecule is CCCOc1ccc(-c2ncc(CNCCOC)s2)cc1. The van der Waals surface area contributed by atoms with E-state index in [1.807, 2.05) is 18.3 Å². The monoisotopic (exact) mass is 306 g/mol. The second-order valence-corrected chi connectivity index (χ2v) is 5.79. The number of hydrogen-bond acceptors (Lipinski definition) is 5. The van der Waals surface area contributed by atoms with Gasteiger partial charge in [0.15, 0.2) is 0 Å². The fourth-order valence-electron chi connectivity index (χ4n) is 1.82. The summed E-state index contributed by atoms with van der Waals surface area (Å²) in [5, 5.41) is 4.37. The molecular weight excluding hydrogens is 284 g/mol. The molecule has 0 saturated carbocycles. The molecule has 0 radical (unpaired) electrons. The van der Waals surface area contributed by atoms with E-state index < -0.39 is 0 Å². The van der Waals surface area contributed by atoms with Gasteiger partial charge in [-0.15, -0.1) is 11.3 Å². The first-order valence-corrected chi connectivity index (χ1v) is 8.02. The van der Waals surface area contributed by atoms with Gasteiger partial charge in [0.1, 0.15) is 10.8 Å². The molecule has 0 aliphatic heterocycles. The first-order chi connectivity index (χ1) is 10.3. The van der Waals surface area contributed by atoms with Crippen molar-refractivity contribution in [3.8, 4) is 16.3 Å². The first-order valence-electron chi connectivity index (χ1n) is 7.21. The predicted molar refractivity (Wildman–Crippen MR) is 86.9 cm³/mol. The molecule has 0 amide bonds. The zero-order chi connectivity index (χ0) is 14.9. The second-order valence-electron chi connectivity index (χ2n) is 4.67. The maximum atomic E-state index is 5.59. The molecule has 4 nitrogen and oxygen atoms in total. The number of nitrogens with zero attached hydrogens (tertiary/aromatic N) is 1. The highest BCUT2D eigenvalue weighted by atomic mass is 32.1. The van der Waals surface area contributed by atoms with Crippen LogP contribution in [-0.2, 0) is 11.3 Å². The number of ether oxygens (including phenoxy) is 2. The van der Waals surface area contributed by atoms with Crippen molar-refractivity contribution in [1.82, 2.24) is 10.3 Å². The highest BCUT2D eigenvalue weighted by molar-refractivity contribution is 7.15. The first kappa shape index (κ1) is 15.9. The summed E-state index contributed by atoms with van der Waals surface area (Å²) < 4.78 is 10.6. The van der Waals surface area contributed by atoms with Gasteiger partial charge < -0.3 is 14.8 Å². The number of thiazole rings is 1. The standard InChI is InChI=1S/C16H22N2O2S/c1-3-9-20-14-6-4-13(5-7-14)16-18-12-15(21-16)11-17-8-10-19-2/h4-7,12,17H,3,8-11H2,1-2H3. The van der Waals surface area contributed by atoms with Crippen molar-refractivity contribution in [3.63, 3.8) is 0 Å². The summed E-state index contributed by atoms with van der Waals surface area (Å²) in [4.78, 5) is 5.71. The Kier molecular flexibility index (Phi) is 6.66. The van der Waals surface area contributed by atoms with Crippen LogP contribution < -0.4 is 10.1 Å². The molecule has 21 heavy (non-hydrogen) atoms. The Hall–Kier alpha value is -1.43. The lowest BCUT2D eigenvalue weighted by atomic mass is 10.2. The smallest absolute Gasteiger partial charge is 0.123 e. The summed E-state index contributed by atoms with van der Waals surface area (Å²) >= 11 is 1.71. The fraction of sp³-hybridized carbons (Fsp3) is 0.438. The number of nitrogens with one attached hydrogen (secondary N) is 1. The normalized spacial score (nSPS) is 10.8. The number of hydrogen-bond donors (Lipinski definition) is 1. The molecule has 0 aliphatic rings. The lowest BCUT2D eigenvalue weighted by Gasteiger charge is -2.04. The third kappa shape index (κ3) is 5.12. The summed E-state index contributed by atoms with van der Waals surface area (Å²) in [5.74, 6) is 0.915. The van der Waals surface area contributed by atoms with E-state index in [0.717, 1.165) is 49.0 Å². The maximum absolute atomic E-state index is 5.59. The van der Waals surface area contributed by atoms with E-state index in [1.54, 1.807) is 18.4 Å². The van der Waals surface area contributed by atoms with Gasteiger partial charge in [0, 0.05) is 36.8 Å². The fourth-order valence-corrected chi connectivity index (χ4v) is 2.71. The predicted octanol–water partition coefficient (Wildman–Crippen LogP) is 3.33. The van der Waals surface area contributed by atoms with Gasteiger partial charge in [-0.2, -0.15) is 0 Å². The summed E-state index contributed by atoms with van der Waals surface area (Å²) in [6.45, 7) is 5.27. The molecule has 1 aromatic carbocycles. The van der Waals surface area contributed by atoms with Crippen molar-refractivity contribution >= 4 is 11.3 Å². The minimum Gasteiger partial charge on any atom is -0.494 e. The average Bonchev–Trinajstić information content (AvgIpc) is 2.99. The van der Waals surface area contributed by atoms with Crippen LogP contribution in [0.3, 0.4) is 0 Å². The minimum absolute atomic E-state index is 0.727. The molecule has 0 bridgehead atoms. The molecule has 5 heteroatoms. The van der Waals surface area contributed by atoms with Gasteiger partial charge >= 0.3 is 0 Å². The highest BCUT2D eigenvalue weighted by Gasteiger charge is 2.05. The van der Waals surface area contributed by atoms with Gasteiger partial charge in [0.25, 0.3) is 0 Å².